The molecule has 29 heavy (non-hydrogen) atoms. The highest BCUT2D eigenvalue weighted by atomic mass is 19.1. The highest BCUT2D eigenvalue weighted by Gasteiger charge is 2.12. The number of hydrogen-bond donors (Lipinski definition) is 0. The van der Waals surface area contributed by atoms with E-state index in [2.05, 4.69) is 64.1 Å². The second-order valence-corrected chi connectivity index (χ2v) is 7.34. The van der Waals surface area contributed by atoms with Crippen molar-refractivity contribution < 1.29 is 4.39 Å². The van der Waals surface area contributed by atoms with E-state index in [0.29, 0.717) is 12.1 Å². The zero-order valence-corrected chi connectivity index (χ0v) is 16.4. The zero-order chi connectivity index (χ0) is 19.9. The molecule has 1 aromatic heterocycles. The normalized spacial score (nSPS) is 11.1. The first kappa shape index (κ1) is 19.2. The molecule has 0 saturated carbocycles. The molecule has 4 rings (SSSR count). The van der Waals surface area contributed by atoms with E-state index in [4.69, 9.17) is 0 Å². The Bertz CT molecular complexity index is 983. The number of rotatable bonds is 8. The van der Waals surface area contributed by atoms with Crippen molar-refractivity contribution in [2.24, 2.45) is 0 Å². The lowest BCUT2D eigenvalue weighted by molar-refractivity contribution is 0.241. The second-order valence-electron chi connectivity index (χ2n) is 7.34. The first-order chi connectivity index (χ1) is 14.3. The molecule has 0 amide bonds. The van der Waals surface area contributed by atoms with Gasteiger partial charge in [-0.25, -0.2) is 4.39 Å². The van der Waals surface area contributed by atoms with Gasteiger partial charge in [-0.1, -0.05) is 78.9 Å². The van der Waals surface area contributed by atoms with Gasteiger partial charge >= 0.3 is 0 Å². The highest BCUT2D eigenvalue weighted by Crippen LogP contribution is 2.17. The largest absolute Gasteiger partial charge is 0.346 e. The Morgan fingerprint density at radius 2 is 1.21 bits per heavy atom. The summed E-state index contributed by atoms with van der Waals surface area (Å²) in [5.41, 5.74) is 4.47. The summed E-state index contributed by atoms with van der Waals surface area (Å²) < 4.78 is 16.3. The topological polar surface area (TPSA) is 8.17 Å². The number of nitrogens with zero attached hydrogens (tertiary/aromatic N) is 2. The van der Waals surface area contributed by atoms with Gasteiger partial charge in [0.2, 0.25) is 0 Å². The Morgan fingerprint density at radius 3 is 1.83 bits per heavy atom. The van der Waals surface area contributed by atoms with Gasteiger partial charge in [0.05, 0.1) is 6.54 Å². The molecular weight excluding hydrogens is 359 g/mol. The summed E-state index contributed by atoms with van der Waals surface area (Å²) in [7, 11) is 0. The van der Waals surface area contributed by atoms with Crippen LogP contribution >= 0.6 is 0 Å². The molecule has 0 saturated heterocycles. The van der Waals surface area contributed by atoms with Gasteiger partial charge in [-0.15, -0.1) is 0 Å². The number of halogens is 1. The average molecular weight is 384 g/mol. The minimum Gasteiger partial charge on any atom is -0.346 e. The van der Waals surface area contributed by atoms with Crippen molar-refractivity contribution in [2.75, 3.05) is 0 Å². The van der Waals surface area contributed by atoms with Crippen LogP contribution in [-0.2, 0) is 26.2 Å². The molecular formula is C26H25FN2. The van der Waals surface area contributed by atoms with Crippen LogP contribution in [0.2, 0.25) is 0 Å². The average Bonchev–Trinajstić information content (AvgIpc) is 3.18. The smallest absolute Gasteiger partial charge is 0.128 e. The van der Waals surface area contributed by atoms with Gasteiger partial charge in [0, 0.05) is 37.1 Å². The van der Waals surface area contributed by atoms with E-state index < -0.39 is 0 Å². The van der Waals surface area contributed by atoms with Gasteiger partial charge in [0.25, 0.3) is 0 Å². The van der Waals surface area contributed by atoms with E-state index >= 15 is 0 Å². The van der Waals surface area contributed by atoms with E-state index in [9.17, 15) is 4.39 Å². The van der Waals surface area contributed by atoms with Crippen LogP contribution in [0.25, 0.3) is 0 Å². The fourth-order valence-corrected chi connectivity index (χ4v) is 3.64. The maximum absolute atomic E-state index is 14.1. The molecule has 1 heterocycles. The molecule has 0 fully saturated rings. The zero-order valence-electron chi connectivity index (χ0n) is 16.4. The van der Waals surface area contributed by atoms with E-state index in [1.165, 1.54) is 22.9 Å². The molecule has 0 aliphatic rings. The monoisotopic (exact) mass is 384 g/mol. The minimum absolute atomic E-state index is 0.155. The Kier molecular flexibility index (Phi) is 6.18. The predicted octanol–water partition coefficient (Wildman–Crippen LogP) is 5.88. The molecule has 0 atom stereocenters. The van der Waals surface area contributed by atoms with E-state index in [0.717, 1.165) is 19.6 Å². The van der Waals surface area contributed by atoms with Gasteiger partial charge < -0.3 is 4.57 Å². The first-order valence-electron chi connectivity index (χ1n) is 9.95. The predicted molar refractivity (Wildman–Crippen MR) is 116 cm³/mol. The molecule has 3 aromatic carbocycles. The molecule has 0 aliphatic carbocycles. The van der Waals surface area contributed by atoms with Crippen LogP contribution in [0.5, 0.6) is 0 Å². The van der Waals surface area contributed by atoms with Crippen LogP contribution in [0.3, 0.4) is 0 Å². The third-order valence-electron chi connectivity index (χ3n) is 5.11. The molecule has 0 bridgehead atoms. The van der Waals surface area contributed by atoms with E-state index in [1.54, 1.807) is 6.07 Å². The van der Waals surface area contributed by atoms with Gasteiger partial charge in [0.1, 0.15) is 5.82 Å². The lowest BCUT2D eigenvalue weighted by Gasteiger charge is -2.24. The van der Waals surface area contributed by atoms with Crippen molar-refractivity contribution in [3.05, 3.63) is 131 Å². The molecule has 0 N–H and O–H groups in total. The Labute approximate surface area is 171 Å². The third-order valence-corrected chi connectivity index (χ3v) is 5.11. The van der Waals surface area contributed by atoms with E-state index in [1.807, 2.05) is 36.5 Å². The van der Waals surface area contributed by atoms with Crippen molar-refractivity contribution in [1.82, 2.24) is 9.47 Å². The van der Waals surface area contributed by atoms with Crippen LogP contribution in [0, 0.1) is 5.82 Å². The van der Waals surface area contributed by atoms with Crippen LogP contribution in [-0.4, -0.2) is 9.47 Å². The first-order valence-corrected chi connectivity index (χ1v) is 9.95. The summed E-state index contributed by atoms with van der Waals surface area (Å²) in [4.78, 5) is 2.43. The summed E-state index contributed by atoms with van der Waals surface area (Å²) >= 11 is 0. The summed E-state index contributed by atoms with van der Waals surface area (Å²) in [6.45, 7) is 3.06. The molecule has 0 unspecified atom stereocenters. The van der Waals surface area contributed by atoms with Gasteiger partial charge in [-0.3, -0.25) is 4.90 Å². The SMILES string of the molecule is Fc1ccccc1Cn1cccc1CN(Cc1ccccc1)Cc1ccccc1. The summed E-state index contributed by atoms with van der Waals surface area (Å²) in [6, 6.07) is 32.2. The summed E-state index contributed by atoms with van der Waals surface area (Å²) in [5.74, 6) is -0.155. The van der Waals surface area contributed by atoms with Crippen LogP contribution < -0.4 is 0 Å². The van der Waals surface area contributed by atoms with Crippen LogP contribution in [0.15, 0.2) is 103 Å². The van der Waals surface area contributed by atoms with Gasteiger partial charge in [0.15, 0.2) is 0 Å². The van der Waals surface area contributed by atoms with Crippen molar-refractivity contribution >= 4 is 0 Å². The Hall–Kier alpha value is -3.17. The maximum atomic E-state index is 14.1. The second kappa shape index (κ2) is 9.35. The summed E-state index contributed by atoms with van der Waals surface area (Å²) in [6.07, 6.45) is 2.03. The third kappa shape index (κ3) is 5.21. The molecule has 146 valence electrons. The van der Waals surface area contributed by atoms with Crippen molar-refractivity contribution in [3.63, 3.8) is 0 Å². The maximum Gasteiger partial charge on any atom is 0.128 e. The van der Waals surface area contributed by atoms with Crippen LogP contribution in [0.1, 0.15) is 22.4 Å². The fraction of sp³-hybridized carbons (Fsp3) is 0.154. The molecule has 3 heteroatoms. The lowest BCUT2D eigenvalue weighted by atomic mass is 10.1. The van der Waals surface area contributed by atoms with E-state index in [-0.39, 0.29) is 5.82 Å². The molecule has 0 aliphatic heterocycles. The van der Waals surface area contributed by atoms with Gasteiger partial charge in [-0.2, -0.15) is 0 Å². The highest BCUT2D eigenvalue weighted by molar-refractivity contribution is 5.21. The molecule has 2 nitrogen and oxygen atoms in total. The van der Waals surface area contributed by atoms with Crippen molar-refractivity contribution in [3.8, 4) is 0 Å². The molecule has 4 aromatic rings. The Balaban J connectivity index is 1.54. The van der Waals surface area contributed by atoms with Crippen molar-refractivity contribution in [2.45, 2.75) is 26.2 Å². The summed E-state index contributed by atoms with van der Waals surface area (Å²) in [5, 5.41) is 0. The lowest BCUT2D eigenvalue weighted by Crippen LogP contribution is -2.24. The number of aromatic nitrogens is 1. The minimum atomic E-state index is -0.155. The standard InChI is InChI=1S/C26H25FN2/c27-26-16-8-7-14-24(26)20-29-17-9-15-25(29)21-28(18-22-10-3-1-4-11-22)19-23-12-5-2-6-13-23/h1-17H,18-21H2. The molecule has 0 spiro atoms. The van der Waals surface area contributed by atoms with Crippen LogP contribution in [0.4, 0.5) is 4.39 Å². The fourth-order valence-electron chi connectivity index (χ4n) is 3.64. The molecule has 0 radical (unpaired) electrons. The Morgan fingerprint density at radius 1 is 0.621 bits per heavy atom. The van der Waals surface area contributed by atoms with Gasteiger partial charge in [-0.05, 0) is 29.3 Å². The quantitative estimate of drug-likeness (QED) is 0.368. The number of hydrogen-bond acceptors (Lipinski definition) is 1. The number of benzene rings is 3. The van der Waals surface area contributed by atoms with Crippen molar-refractivity contribution in [1.29, 1.82) is 0 Å².